The van der Waals surface area contributed by atoms with Crippen LogP contribution in [-0.2, 0) is 18.5 Å². The van der Waals surface area contributed by atoms with Crippen LogP contribution >= 0.6 is 11.6 Å². The van der Waals surface area contributed by atoms with Crippen molar-refractivity contribution in [2.24, 2.45) is 7.05 Å². The van der Waals surface area contributed by atoms with Gasteiger partial charge in [-0.05, 0) is 30.0 Å². The van der Waals surface area contributed by atoms with Gasteiger partial charge in [-0.15, -0.1) is 0 Å². The molecule has 0 aliphatic carbocycles. The molecule has 10 heteroatoms. The molecule has 0 saturated heterocycles. The van der Waals surface area contributed by atoms with Crippen LogP contribution in [-0.4, -0.2) is 48.7 Å². The molecule has 0 fully saturated rings. The molecule has 0 spiro atoms. The Labute approximate surface area is 192 Å². The van der Waals surface area contributed by atoms with E-state index in [-0.39, 0.29) is 5.15 Å². The molecule has 32 heavy (non-hydrogen) atoms. The summed E-state index contributed by atoms with van der Waals surface area (Å²) in [4.78, 5) is 21.8. The largest absolute Gasteiger partial charge is 0.361 e. The third kappa shape index (κ3) is 5.22. The molecule has 4 aromatic heterocycles. The lowest BCUT2D eigenvalue weighted by Gasteiger charge is -2.15. The van der Waals surface area contributed by atoms with E-state index >= 15 is 0 Å². The highest BCUT2D eigenvalue weighted by molar-refractivity contribution is 6.76. The van der Waals surface area contributed by atoms with Gasteiger partial charge in [-0.3, -0.25) is 9.55 Å². The highest BCUT2D eigenvalue weighted by Crippen LogP contribution is 2.19. The lowest BCUT2D eigenvalue weighted by Crippen LogP contribution is -2.22. The fourth-order valence-electron chi connectivity index (χ4n) is 2.95. The van der Waals surface area contributed by atoms with Gasteiger partial charge in [0.05, 0.1) is 12.0 Å². The van der Waals surface area contributed by atoms with Gasteiger partial charge in [-0.2, -0.15) is 0 Å². The number of rotatable bonds is 6. The van der Waals surface area contributed by atoms with Gasteiger partial charge in [-0.1, -0.05) is 31.2 Å². The third-order valence-electron chi connectivity index (χ3n) is 4.76. The summed E-state index contributed by atoms with van der Waals surface area (Å²) in [5, 5.41) is 0.272. The Hall–Kier alpha value is -3.06. The smallest absolute Gasteiger partial charge is 0.208 e. The van der Waals surface area contributed by atoms with Gasteiger partial charge in [0.15, 0.2) is 16.6 Å². The highest BCUT2D eigenvalue weighted by Gasteiger charge is 2.14. The molecule has 164 valence electrons. The normalized spacial score (nSPS) is 11.5. The van der Waals surface area contributed by atoms with Gasteiger partial charge in [0, 0.05) is 45.9 Å². The second-order valence-corrected chi connectivity index (χ2v) is 14.6. The first-order chi connectivity index (χ1) is 15.3. The maximum atomic E-state index is 6.25. The van der Waals surface area contributed by atoms with E-state index in [4.69, 9.17) is 16.3 Å². The predicted octanol–water partition coefficient (Wildman–Crippen LogP) is 3.99. The number of pyridine rings is 1. The Kier molecular flexibility index (Phi) is 6.37. The molecule has 0 N–H and O–H groups in total. The van der Waals surface area contributed by atoms with E-state index < -0.39 is 8.07 Å². The van der Waals surface area contributed by atoms with Crippen molar-refractivity contribution in [1.29, 1.82) is 0 Å². The molecule has 0 saturated carbocycles. The summed E-state index contributed by atoms with van der Waals surface area (Å²) >= 11 is 6.25. The number of imidazole rings is 2. The first-order valence-electron chi connectivity index (χ1n) is 10.2. The zero-order valence-electron chi connectivity index (χ0n) is 18.5. The van der Waals surface area contributed by atoms with Crippen molar-refractivity contribution < 1.29 is 4.74 Å². The van der Waals surface area contributed by atoms with Crippen molar-refractivity contribution in [3.05, 3.63) is 53.9 Å². The summed E-state index contributed by atoms with van der Waals surface area (Å²) in [7, 11) is 0.683. The number of halogens is 1. The third-order valence-corrected chi connectivity index (χ3v) is 6.73. The van der Waals surface area contributed by atoms with Gasteiger partial charge in [0.2, 0.25) is 5.82 Å². The van der Waals surface area contributed by atoms with Gasteiger partial charge >= 0.3 is 0 Å². The number of aromatic nitrogens is 7. The fraction of sp³-hybridized carbons (Fsp3) is 0.318. The predicted molar refractivity (Wildman–Crippen MR) is 127 cm³/mol. The summed E-state index contributed by atoms with van der Waals surface area (Å²) in [6.07, 6.45) is 7.08. The molecule has 4 heterocycles. The SMILES string of the molecule is Cn1cnc2c(Cl)nc(C#Cc3nc(-c4cccnc4)cn3COCC[Si](C)(C)C)nc21. The molecule has 0 bridgehead atoms. The average Bonchev–Trinajstić information content (AvgIpc) is 3.34. The Morgan fingerprint density at radius 2 is 2.00 bits per heavy atom. The van der Waals surface area contributed by atoms with Crippen molar-refractivity contribution in [3.63, 3.8) is 0 Å². The van der Waals surface area contributed by atoms with Gasteiger partial charge in [-0.25, -0.2) is 19.9 Å². The highest BCUT2D eigenvalue weighted by atomic mass is 35.5. The van der Waals surface area contributed by atoms with E-state index in [1.807, 2.05) is 29.9 Å². The quantitative estimate of drug-likeness (QED) is 0.185. The van der Waals surface area contributed by atoms with Crippen LogP contribution in [0, 0.1) is 11.8 Å². The van der Waals surface area contributed by atoms with Crippen molar-refractivity contribution in [2.45, 2.75) is 32.4 Å². The molecule has 8 nitrogen and oxygen atoms in total. The lowest BCUT2D eigenvalue weighted by atomic mass is 10.2. The Morgan fingerprint density at radius 3 is 2.75 bits per heavy atom. The fourth-order valence-corrected chi connectivity index (χ4v) is 3.92. The minimum atomic E-state index is -1.16. The van der Waals surface area contributed by atoms with Crippen molar-refractivity contribution in [1.82, 2.24) is 34.1 Å². The van der Waals surface area contributed by atoms with Crippen LogP contribution in [0.3, 0.4) is 0 Å². The number of hydrogen-bond donors (Lipinski definition) is 0. The van der Waals surface area contributed by atoms with Crippen LogP contribution in [0.25, 0.3) is 22.4 Å². The van der Waals surface area contributed by atoms with Crippen molar-refractivity contribution >= 4 is 30.8 Å². The standard InChI is InChI=1S/C22H24ClN7OSi/c1-29-14-25-20-21(23)27-18(28-22(20)29)7-8-19-26-17(16-6-5-9-24-12-16)13-30(19)15-31-10-11-32(2,3)4/h5-6,9,12-14H,10-11,15H2,1-4H3. The molecule has 0 aliphatic rings. The second kappa shape index (κ2) is 9.20. The average molecular weight is 466 g/mol. The zero-order chi connectivity index (χ0) is 22.7. The van der Waals surface area contributed by atoms with Gasteiger partial charge < -0.3 is 9.30 Å². The van der Waals surface area contributed by atoms with E-state index in [2.05, 4.69) is 56.4 Å². The first-order valence-corrected chi connectivity index (χ1v) is 14.3. The topological polar surface area (TPSA) is 83.5 Å². The molecular weight excluding hydrogens is 442 g/mol. The van der Waals surface area contributed by atoms with E-state index in [1.165, 1.54) is 0 Å². The van der Waals surface area contributed by atoms with E-state index in [0.29, 0.717) is 36.2 Å². The van der Waals surface area contributed by atoms with Gasteiger partial charge in [0.25, 0.3) is 0 Å². The summed E-state index contributed by atoms with van der Waals surface area (Å²) < 4.78 is 9.60. The molecule has 0 radical (unpaired) electrons. The zero-order valence-corrected chi connectivity index (χ0v) is 20.3. The first kappa shape index (κ1) is 22.1. The Balaban J connectivity index is 1.64. The summed E-state index contributed by atoms with van der Waals surface area (Å²) in [6.45, 7) is 8.06. The summed E-state index contributed by atoms with van der Waals surface area (Å²) in [5.41, 5.74) is 2.86. The maximum Gasteiger partial charge on any atom is 0.208 e. The number of fused-ring (bicyclic) bond motifs is 1. The maximum absolute atomic E-state index is 6.25. The minimum absolute atomic E-state index is 0.272. The number of hydrogen-bond acceptors (Lipinski definition) is 6. The number of ether oxygens (including phenoxy) is 1. The van der Waals surface area contributed by atoms with E-state index in [9.17, 15) is 0 Å². The van der Waals surface area contributed by atoms with Gasteiger partial charge in [0.1, 0.15) is 12.2 Å². The Morgan fingerprint density at radius 1 is 1.16 bits per heavy atom. The molecular formula is C22H24ClN7OSi. The summed E-state index contributed by atoms with van der Waals surface area (Å²) in [5.74, 6) is 6.93. The van der Waals surface area contributed by atoms with Crippen LogP contribution in [0.2, 0.25) is 30.8 Å². The molecule has 0 unspecified atom stereocenters. The minimum Gasteiger partial charge on any atom is -0.361 e. The Bertz CT molecular complexity index is 1300. The number of nitrogens with zero attached hydrogens (tertiary/aromatic N) is 7. The van der Waals surface area contributed by atoms with Crippen LogP contribution in [0.4, 0.5) is 0 Å². The van der Waals surface area contributed by atoms with Crippen molar-refractivity contribution in [2.75, 3.05) is 6.61 Å². The van der Waals surface area contributed by atoms with E-state index in [0.717, 1.165) is 17.3 Å². The summed E-state index contributed by atoms with van der Waals surface area (Å²) in [6, 6.07) is 4.93. The van der Waals surface area contributed by atoms with Crippen LogP contribution in [0.15, 0.2) is 37.1 Å². The molecule has 4 aromatic rings. The second-order valence-electron chi connectivity index (χ2n) is 8.62. The van der Waals surface area contributed by atoms with Crippen LogP contribution < -0.4 is 0 Å². The molecule has 0 amide bonds. The molecule has 0 atom stereocenters. The van der Waals surface area contributed by atoms with Crippen LogP contribution in [0.1, 0.15) is 11.6 Å². The van der Waals surface area contributed by atoms with Crippen molar-refractivity contribution in [3.8, 4) is 23.1 Å². The molecule has 0 aromatic carbocycles. The van der Waals surface area contributed by atoms with E-state index in [1.54, 1.807) is 23.3 Å². The van der Waals surface area contributed by atoms with Crippen LogP contribution in [0.5, 0.6) is 0 Å². The monoisotopic (exact) mass is 465 g/mol. The molecule has 0 aliphatic heterocycles. The lowest BCUT2D eigenvalue weighted by molar-refractivity contribution is 0.0866. The number of aryl methyl sites for hydroxylation is 1. The molecule has 4 rings (SSSR count).